The summed E-state index contributed by atoms with van der Waals surface area (Å²) in [6, 6.07) is 5.56. The highest BCUT2D eigenvalue weighted by Gasteiger charge is 2.45. The van der Waals surface area contributed by atoms with Gasteiger partial charge in [0.05, 0.1) is 18.7 Å². The van der Waals surface area contributed by atoms with Gasteiger partial charge in [-0.3, -0.25) is 14.3 Å². The van der Waals surface area contributed by atoms with Crippen molar-refractivity contribution in [1.29, 1.82) is 0 Å². The van der Waals surface area contributed by atoms with Crippen LogP contribution in [0.3, 0.4) is 0 Å². The average molecular weight is 397 g/mol. The van der Waals surface area contributed by atoms with Crippen molar-refractivity contribution < 1.29 is 19.1 Å². The number of hydrogen-bond donors (Lipinski definition) is 0. The van der Waals surface area contributed by atoms with Crippen molar-refractivity contribution in [3.8, 4) is 11.5 Å². The first-order valence-electron chi connectivity index (χ1n) is 10.1. The molecular weight excluding hydrogens is 370 g/mol. The molecule has 4 rings (SSSR count). The van der Waals surface area contributed by atoms with Crippen LogP contribution in [0.15, 0.2) is 24.4 Å². The van der Waals surface area contributed by atoms with Gasteiger partial charge < -0.3 is 14.4 Å². The number of benzene rings is 1. The smallest absolute Gasteiger partial charge is 0.253 e. The standard InChI is InChI=1S/C22H27N3O4/c1-14(2)28-18-6-5-16(11-15(18)3)21(27)25-9-7-22(8-10-25)12-17(26)20-19(29-22)13-24(4)23-20/h5-6,11,13-14H,7-10,12H2,1-4H3. The molecule has 1 fully saturated rings. The minimum atomic E-state index is -0.533. The van der Waals surface area contributed by atoms with E-state index in [1.807, 2.05) is 43.9 Å². The van der Waals surface area contributed by atoms with E-state index < -0.39 is 5.60 Å². The predicted octanol–water partition coefficient (Wildman–Crippen LogP) is 3.16. The zero-order chi connectivity index (χ0) is 20.8. The molecule has 3 heterocycles. The molecule has 0 aliphatic carbocycles. The molecule has 0 saturated carbocycles. The molecule has 2 aliphatic rings. The molecule has 154 valence electrons. The number of hydrogen-bond acceptors (Lipinski definition) is 5. The van der Waals surface area contributed by atoms with Gasteiger partial charge >= 0.3 is 0 Å². The van der Waals surface area contributed by atoms with Gasteiger partial charge in [0.2, 0.25) is 0 Å². The second-order valence-corrected chi connectivity index (χ2v) is 8.34. The van der Waals surface area contributed by atoms with Crippen LogP contribution < -0.4 is 9.47 Å². The number of Topliss-reactive ketones (excluding diaryl/α,β-unsaturated/α-hetero) is 1. The van der Waals surface area contributed by atoms with E-state index in [0.717, 1.165) is 11.3 Å². The minimum absolute atomic E-state index is 0.00301. The molecule has 1 spiro atoms. The van der Waals surface area contributed by atoms with Crippen molar-refractivity contribution >= 4 is 11.7 Å². The van der Waals surface area contributed by atoms with Crippen molar-refractivity contribution in [2.45, 2.75) is 51.7 Å². The lowest BCUT2D eigenvalue weighted by atomic mass is 9.83. The molecule has 1 aromatic heterocycles. The van der Waals surface area contributed by atoms with Crippen LogP contribution in [0.25, 0.3) is 0 Å². The second kappa shape index (κ2) is 7.21. The number of carbonyl (C=O) groups is 2. The summed E-state index contributed by atoms with van der Waals surface area (Å²) in [7, 11) is 1.78. The zero-order valence-corrected chi connectivity index (χ0v) is 17.4. The van der Waals surface area contributed by atoms with E-state index in [0.29, 0.717) is 49.4 Å². The molecule has 0 N–H and O–H groups in total. The van der Waals surface area contributed by atoms with Crippen LogP contribution in [0.4, 0.5) is 0 Å². The number of aryl methyl sites for hydroxylation is 2. The average Bonchev–Trinajstić information content (AvgIpc) is 3.03. The van der Waals surface area contributed by atoms with Gasteiger partial charge in [-0.25, -0.2) is 0 Å². The Bertz CT molecular complexity index is 955. The highest BCUT2D eigenvalue weighted by atomic mass is 16.5. The first-order valence-corrected chi connectivity index (χ1v) is 10.1. The van der Waals surface area contributed by atoms with E-state index in [1.165, 1.54) is 0 Å². The lowest BCUT2D eigenvalue weighted by Crippen LogP contribution is -2.52. The summed E-state index contributed by atoms with van der Waals surface area (Å²) in [6.45, 7) is 7.03. The molecule has 0 unspecified atom stereocenters. The number of likely N-dealkylation sites (tertiary alicyclic amines) is 1. The van der Waals surface area contributed by atoms with E-state index in [1.54, 1.807) is 17.9 Å². The number of piperidine rings is 1. The number of rotatable bonds is 3. The molecule has 1 aromatic carbocycles. The van der Waals surface area contributed by atoms with Crippen molar-refractivity contribution in [3.05, 3.63) is 41.2 Å². The Morgan fingerprint density at radius 1 is 1.28 bits per heavy atom. The number of fused-ring (bicyclic) bond motifs is 1. The molecule has 1 amide bonds. The third kappa shape index (κ3) is 3.73. The summed E-state index contributed by atoms with van der Waals surface area (Å²) in [6.07, 6.45) is 3.42. The quantitative estimate of drug-likeness (QED) is 0.795. The summed E-state index contributed by atoms with van der Waals surface area (Å²) >= 11 is 0. The predicted molar refractivity (Wildman–Crippen MR) is 108 cm³/mol. The SMILES string of the molecule is Cc1cc(C(=O)N2CCC3(CC2)CC(=O)c2nn(C)cc2O3)ccc1OC(C)C. The fourth-order valence-electron chi connectivity index (χ4n) is 4.13. The summed E-state index contributed by atoms with van der Waals surface area (Å²) in [5.74, 6) is 1.38. The molecule has 29 heavy (non-hydrogen) atoms. The topological polar surface area (TPSA) is 73.7 Å². The number of aromatic nitrogens is 2. The summed E-state index contributed by atoms with van der Waals surface area (Å²) in [4.78, 5) is 27.3. The van der Waals surface area contributed by atoms with Gasteiger partial charge in [-0.2, -0.15) is 5.10 Å². The van der Waals surface area contributed by atoms with Gasteiger partial charge in [-0.1, -0.05) is 0 Å². The van der Waals surface area contributed by atoms with E-state index in [9.17, 15) is 9.59 Å². The van der Waals surface area contributed by atoms with Crippen LogP contribution in [0, 0.1) is 6.92 Å². The van der Waals surface area contributed by atoms with Gasteiger partial charge in [-0.05, 0) is 44.5 Å². The van der Waals surface area contributed by atoms with Gasteiger partial charge in [0.25, 0.3) is 5.91 Å². The van der Waals surface area contributed by atoms with Crippen molar-refractivity contribution in [2.75, 3.05) is 13.1 Å². The number of amides is 1. The highest BCUT2D eigenvalue weighted by molar-refractivity contribution is 5.98. The first-order chi connectivity index (χ1) is 13.8. The Hall–Kier alpha value is -2.83. The molecule has 0 atom stereocenters. The highest BCUT2D eigenvalue weighted by Crippen LogP contribution is 2.39. The third-order valence-electron chi connectivity index (χ3n) is 5.61. The van der Waals surface area contributed by atoms with Crippen LogP contribution in [-0.2, 0) is 7.05 Å². The van der Waals surface area contributed by atoms with E-state index in [-0.39, 0.29) is 17.8 Å². The molecule has 0 radical (unpaired) electrons. The molecular formula is C22H27N3O4. The van der Waals surface area contributed by atoms with Crippen molar-refractivity contribution in [3.63, 3.8) is 0 Å². The lowest BCUT2D eigenvalue weighted by Gasteiger charge is -2.43. The molecule has 7 nitrogen and oxygen atoms in total. The zero-order valence-electron chi connectivity index (χ0n) is 17.4. The fraction of sp³-hybridized carbons (Fsp3) is 0.500. The van der Waals surface area contributed by atoms with E-state index in [4.69, 9.17) is 9.47 Å². The molecule has 2 aromatic rings. The van der Waals surface area contributed by atoms with Crippen LogP contribution in [-0.4, -0.2) is 51.2 Å². The van der Waals surface area contributed by atoms with Gasteiger partial charge in [0.1, 0.15) is 11.4 Å². The van der Waals surface area contributed by atoms with Crippen LogP contribution in [0.2, 0.25) is 0 Å². The Balaban J connectivity index is 1.44. The largest absolute Gasteiger partial charge is 0.491 e. The van der Waals surface area contributed by atoms with Crippen molar-refractivity contribution in [1.82, 2.24) is 14.7 Å². The van der Waals surface area contributed by atoms with Gasteiger partial charge in [0, 0.05) is 38.5 Å². The molecule has 7 heteroatoms. The Morgan fingerprint density at radius 3 is 2.66 bits per heavy atom. The van der Waals surface area contributed by atoms with E-state index >= 15 is 0 Å². The Kier molecular flexibility index (Phi) is 4.84. The first kappa shape index (κ1) is 19.5. The number of nitrogens with zero attached hydrogens (tertiary/aromatic N) is 3. The Labute approximate surface area is 170 Å². The van der Waals surface area contributed by atoms with Crippen molar-refractivity contribution in [2.24, 2.45) is 7.05 Å². The van der Waals surface area contributed by atoms with Crippen LogP contribution >= 0.6 is 0 Å². The second-order valence-electron chi connectivity index (χ2n) is 8.34. The van der Waals surface area contributed by atoms with Crippen LogP contribution in [0.1, 0.15) is 59.5 Å². The number of carbonyl (C=O) groups excluding carboxylic acids is 2. The summed E-state index contributed by atoms with van der Waals surface area (Å²) < 4.78 is 13.6. The minimum Gasteiger partial charge on any atom is -0.491 e. The van der Waals surface area contributed by atoms with Gasteiger partial charge in [-0.15, -0.1) is 0 Å². The maximum atomic E-state index is 13.0. The fourth-order valence-corrected chi connectivity index (χ4v) is 4.13. The molecule has 1 saturated heterocycles. The monoisotopic (exact) mass is 397 g/mol. The normalized spacial score (nSPS) is 18.0. The maximum absolute atomic E-state index is 13.0. The van der Waals surface area contributed by atoms with E-state index in [2.05, 4.69) is 5.10 Å². The number of ether oxygens (including phenoxy) is 2. The van der Waals surface area contributed by atoms with Gasteiger partial charge in [0.15, 0.2) is 17.2 Å². The summed E-state index contributed by atoms with van der Waals surface area (Å²) in [5.41, 5.74) is 1.48. The molecule has 0 bridgehead atoms. The molecule has 2 aliphatic heterocycles. The summed E-state index contributed by atoms with van der Waals surface area (Å²) in [5, 5.41) is 4.19. The maximum Gasteiger partial charge on any atom is 0.253 e. The van der Waals surface area contributed by atoms with Crippen LogP contribution in [0.5, 0.6) is 11.5 Å². The Morgan fingerprint density at radius 2 is 2.00 bits per heavy atom. The lowest BCUT2D eigenvalue weighted by molar-refractivity contribution is -0.00583. The third-order valence-corrected chi connectivity index (χ3v) is 5.61. The number of ketones is 1.